The second kappa shape index (κ2) is 7.11. The number of amides is 1. The van der Waals surface area contributed by atoms with E-state index in [1.165, 1.54) is 9.58 Å². The van der Waals surface area contributed by atoms with Gasteiger partial charge in [0.2, 0.25) is 0 Å². The number of aromatic nitrogens is 5. The van der Waals surface area contributed by atoms with E-state index in [4.69, 9.17) is 0 Å². The monoisotopic (exact) mass is 424 g/mol. The maximum atomic E-state index is 14.4. The Balaban J connectivity index is 1.65. The minimum absolute atomic E-state index is 0.0843. The second-order valence-corrected chi connectivity index (χ2v) is 6.75. The molecule has 0 saturated carbocycles. The van der Waals surface area contributed by atoms with E-state index in [9.17, 15) is 26.7 Å². The van der Waals surface area contributed by atoms with Gasteiger partial charge >= 0.3 is 6.18 Å². The Hall–Kier alpha value is -3.44. The molecule has 1 aliphatic heterocycles. The smallest absolute Gasteiger partial charge is 0.329 e. The van der Waals surface area contributed by atoms with Crippen LogP contribution in [0.2, 0.25) is 0 Å². The first-order valence-corrected chi connectivity index (χ1v) is 8.75. The first-order valence-electron chi connectivity index (χ1n) is 8.75. The Morgan fingerprint density at radius 3 is 2.53 bits per heavy atom. The van der Waals surface area contributed by atoms with Crippen molar-refractivity contribution in [3.05, 3.63) is 64.7 Å². The van der Waals surface area contributed by atoms with Gasteiger partial charge in [-0.2, -0.15) is 17.9 Å². The van der Waals surface area contributed by atoms with E-state index in [-0.39, 0.29) is 18.9 Å². The lowest BCUT2D eigenvalue weighted by atomic mass is 10.0. The number of benzene rings is 1. The van der Waals surface area contributed by atoms with Crippen LogP contribution in [0.25, 0.3) is 5.95 Å². The van der Waals surface area contributed by atoms with Crippen LogP contribution in [0.5, 0.6) is 0 Å². The van der Waals surface area contributed by atoms with E-state index in [0.29, 0.717) is 17.5 Å². The zero-order valence-electron chi connectivity index (χ0n) is 15.4. The molecule has 30 heavy (non-hydrogen) atoms. The standard InChI is InChI=1S/C18H13F5N6O/c1-9-5-14-13(26-27-29(14)17-24-6-10(19)7-25-17)8-28(9)16(30)11-3-2-4-12(15(11)20)18(21,22)23/h2-4,6-7,9H,5,8H2,1H3/t9-/m1/s1. The van der Waals surface area contributed by atoms with Gasteiger partial charge < -0.3 is 4.90 Å². The average molecular weight is 424 g/mol. The first-order chi connectivity index (χ1) is 14.2. The third kappa shape index (κ3) is 3.37. The molecule has 1 aromatic carbocycles. The molecule has 0 unspecified atom stereocenters. The van der Waals surface area contributed by atoms with Crippen molar-refractivity contribution in [2.75, 3.05) is 0 Å². The predicted octanol–water partition coefficient (Wildman–Crippen LogP) is 2.94. The molecule has 4 rings (SSSR count). The average Bonchev–Trinajstić information content (AvgIpc) is 3.09. The molecule has 3 heterocycles. The fraction of sp³-hybridized carbons (Fsp3) is 0.278. The van der Waals surface area contributed by atoms with Gasteiger partial charge in [-0.05, 0) is 19.1 Å². The number of rotatable bonds is 2. The van der Waals surface area contributed by atoms with Crippen LogP contribution in [0, 0.1) is 11.6 Å². The van der Waals surface area contributed by atoms with Gasteiger partial charge in [-0.1, -0.05) is 11.3 Å². The number of hydrogen-bond acceptors (Lipinski definition) is 5. The SMILES string of the molecule is C[C@@H]1Cc2c(nnn2-c2ncc(F)cn2)CN1C(=O)c1cccc(C(F)(F)F)c1F. The van der Waals surface area contributed by atoms with Crippen LogP contribution in [0.1, 0.15) is 34.2 Å². The van der Waals surface area contributed by atoms with Crippen LogP contribution >= 0.6 is 0 Å². The summed E-state index contributed by atoms with van der Waals surface area (Å²) in [5.41, 5.74) is -1.24. The zero-order valence-corrected chi connectivity index (χ0v) is 15.4. The molecule has 0 spiro atoms. The summed E-state index contributed by atoms with van der Waals surface area (Å²) in [5, 5.41) is 7.89. The number of carbonyl (C=O) groups excluding carboxylic acids is 1. The van der Waals surface area contributed by atoms with Gasteiger partial charge in [-0.3, -0.25) is 4.79 Å². The van der Waals surface area contributed by atoms with E-state index in [1.54, 1.807) is 6.92 Å². The maximum absolute atomic E-state index is 14.4. The number of nitrogens with zero attached hydrogens (tertiary/aromatic N) is 6. The Morgan fingerprint density at radius 1 is 1.17 bits per heavy atom. The normalized spacial score (nSPS) is 16.5. The van der Waals surface area contributed by atoms with Crippen LogP contribution < -0.4 is 0 Å². The summed E-state index contributed by atoms with van der Waals surface area (Å²) in [6, 6.07) is 2.08. The molecule has 7 nitrogen and oxygen atoms in total. The number of hydrogen-bond donors (Lipinski definition) is 0. The van der Waals surface area contributed by atoms with Crippen molar-refractivity contribution < 1.29 is 26.7 Å². The van der Waals surface area contributed by atoms with E-state index >= 15 is 0 Å². The topological polar surface area (TPSA) is 76.8 Å². The molecule has 0 aliphatic carbocycles. The Bertz CT molecular complexity index is 1110. The van der Waals surface area contributed by atoms with E-state index < -0.39 is 40.9 Å². The van der Waals surface area contributed by atoms with Gasteiger partial charge in [0, 0.05) is 12.5 Å². The Morgan fingerprint density at radius 2 is 1.87 bits per heavy atom. The van der Waals surface area contributed by atoms with Gasteiger partial charge in [-0.25, -0.2) is 18.7 Å². The Labute approximate surface area is 166 Å². The maximum Gasteiger partial charge on any atom is 0.419 e. The van der Waals surface area contributed by atoms with Crippen LogP contribution in [0.3, 0.4) is 0 Å². The fourth-order valence-corrected chi connectivity index (χ4v) is 3.29. The summed E-state index contributed by atoms with van der Waals surface area (Å²) in [7, 11) is 0. The number of alkyl halides is 3. The largest absolute Gasteiger partial charge is 0.419 e. The summed E-state index contributed by atoms with van der Waals surface area (Å²) in [4.78, 5) is 21.7. The molecule has 12 heteroatoms. The van der Waals surface area contributed by atoms with Crippen molar-refractivity contribution >= 4 is 5.91 Å². The van der Waals surface area contributed by atoms with Crippen LogP contribution in [0.15, 0.2) is 30.6 Å². The quantitative estimate of drug-likeness (QED) is 0.592. The molecule has 0 N–H and O–H groups in total. The molecule has 0 saturated heterocycles. The Kier molecular flexibility index (Phi) is 4.71. The summed E-state index contributed by atoms with van der Waals surface area (Å²) in [6.07, 6.45) is -2.77. The summed E-state index contributed by atoms with van der Waals surface area (Å²) in [5.74, 6) is -3.04. The van der Waals surface area contributed by atoms with Gasteiger partial charge in [-0.15, -0.1) is 5.10 Å². The van der Waals surface area contributed by atoms with Crippen LogP contribution in [0.4, 0.5) is 22.0 Å². The summed E-state index contributed by atoms with van der Waals surface area (Å²) in [6.45, 7) is 1.57. The van der Waals surface area contributed by atoms with E-state index in [2.05, 4.69) is 20.3 Å². The van der Waals surface area contributed by atoms with Crippen molar-refractivity contribution in [2.24, 2.45) is 0 Å². The van der Waals surface area contributed by atoms with Crippen molar-refractivity contribution in [1.82, 2.24) is 29.9 Å². The second-order valence-electron chi connectivity index (χ2n) is 6.75. The lowest BCUT2D eigenvalue weighted by Gasteiger charge is -2.33. The van der Waals surface area contributed by atoms with Crippen LogP contribution in [-0.4, -0.2) is 41.8 Å². The number of halogens is 5. The molecule has 156 valence electrons. The molecular formula is C18H13F5N6O. The molecule has 0 radical (unpaired) electrons. The minimum atomic E-state index is -4.92. The molecule has 1 aliphatic rings. The van der Waals surface area contributed by atoms with Gasteiger partial charge in [0.1, 0.15) is 11.5 Å². The van der Waals surface area contributed by atoms with E-state index in [0.717, 1.165) is 24.5 Å². The highest BCUT2D eigenvalue weighted by Gasteiger charge is 2.38. The highest BCUT2D eigenvalue weighted by atomic mass is 19.4. The molecule has 0 fully saturated rings. The van der Waals surface area contributed by atoms with Crippen molar-refractivity contribution in [1.29, 1.82) is 0 Å². The number of carbonyl (C=O) groups is 1. The van der Waals surface area contributed by atoms with Crippen molar-refractivity contribution in [2.45, 2.75) is 32.1 Å². The van der Waals surface area contributed by atoms with Gasteiger partial charge in [0.15, 0.2) is 5.82 Å². The molecule has 3 aromatic rings. The predicted molar refractivity (Wildman–Crippen MR) is 91.3 cm³/mol. The summed E-state index contributed by atoms with van der Waals surface area (Å²) < 4.78 is 67.7. The van der Waals surface area contributed by atoms with Crippen molar-refractivity contribution in [3.8, 4) is 5.95 Å². The highest BCUT2D eigenvalue weighted by molar-refractivity contribution is 5.95. The molecular weight excluding hydrogens is 411 g/mol. The highest BCUT2D eigenvalue weighted by Crippen LogP contribution is 2.33. The number of fused-ring (bicyclic) bond motifs is 1. The van der Waals surface area contributed by atoms with Gasteiger partial charge in [0.25, 0.3) is 11.9 Å². The lowest BCUT2D eigenvalue weighted by molar-refractivity contribution is -0.140. The molecule has 0 bridgehead atoms. The third-order valence-corrected chi connectivity index (χ3v) is 4.78. The minimum Gasteiger partial charge on any atom is -0.329 e. The first kappa shape index (κ1) is 19.9. The molecule has 1 atom stereocenters. The summed E-state index contributed by atoms with van der Waals surface area (Å²) >= 11 is 0. The third-order valence-electron chi connectivity index (χ3n) is 4.78. The fourth-order valence-electron chi connectivity index (χ4n) is 3.29. The van der Waals surface area contributed by atoms with E-state index in [1.807, 2.05) is 0 Å². The zero-order chi connectivity index (χ0) is 21.6. The van der Waals surface area contributed by atoms with Crippen LogP contribution in [-0.2, 0) is 19.1 Å². The van der Waals surface area contributed by atoms with Crippen molar-refractivity contribution in [3.63, 3.8) is 0 Å². The lowest BCUT2D eigenvalue weighted by Crippen LogP contribution is -2.43. The van der Waals surface area contributed by atoms with Gasteiger partial charge in [0.05, 0.1) is 35.8 Å². The molecule has 1 amide bonds. The molecule has 2 aromatic heterocycles.